The second-order valence-corrected chi connectivity index (χ2v) is 3.15. The number of hydrogen-bond donors (Lipinski definition) is 0. The van der Waals surface area contributed by atoms with Crippen LogP contribution in [-0.4, -0.2) is 48.6 Å². The lowest BCUT2D eigenvalue weighted by atomic mass is 10.1. The summed E-state index contributed by atoms with van der Waals surface area (Å²) in [4.78, 5) is 23.5. The molecule has 0 aliphatic carbocycles. The molecule has 0 aromatic rings. The number of nitrogens with zero attached hydrogens (tertiary/aromatic N) is 2. The molecule has 1 rings (SSSR count). The molecule has 0 spiro atoms. The van der Waals surface area contributed by atoms with Crippen molar-refractivity contribution >= 4 is 11.9 Å². The summed E-state index contributed by atoms with van der Waals surface area (Å²) in [6.45, 7) is -0.606. The van der Waals surface area contributed by atoms with E-state index in [0.29, 0.717) is 4.90 Å². The molecule has 0 aromatic carbocycles. The van der Waals surface area contributed by atoms with Gasteiger partial charge in [-0.05, 0) is 0 Å². The van der Waals surface area contributed by atoms with Crippen LogP contribution >= 0.6 is 0 Å². The Hall–Kier alpha value is -1.27. The lowest BCUT2D eigenvalue weighted by Gasteiger charge is -2.35. The maximum absolute atomic E-state index is 12.3. The molecule has 1 aliphatic rings. The molecule has 0 aromatic heterocycles. The highest BCUT2D eigenvalue weighted by Crippen LogP contribution is 2.30. The minimum absolute atomic E-state index is 0.488. The summed E-state index contributed by atoms with van der Waals surface area (Å²) in [6.07, 6.45) is -4.60. The Bertz CT molecular complexity index is 277. The van der Waals surface area contributed by atoms with Crippen LogP contribution in [0.4, 0.5) is 18.0 Å². The van der Waals surface area contributed by atoms with E-state index < -0.39 is 30.6 Å². The van der Waals surface area contributed by atoms with Crippen LogP contribution in [0.5, 0.6) is 0 Å². The minimum atomic E-state index is -4.60. The third-order valence-electron chi connectivity index (χ3n) is 2.09. The summed E-state index contributed by atoms with van der Waals surface area (Å²) in [7, 11) is 2.27. The Morgan fingerprint density at radius 1 is 1.29 bits per heavy atom. The third kappa shape index (κ3) is 1.66. The Morgan fingerprint density at radius 3 is 2.21 bits per heavy atom. The van der Waals surface area contributed by atoms with Crippen LogP contribution in [-0.2, 0) is 4.79 Å². The number of halogens is 3. The number of carbonyl (C=O) groups is 2. The maximum Gasteiger partial charge on any atom is 0.402 e. The number of alkyl halides is 3. The second-order valence-electron chi connectivity index (χ2n) is 3.15. The van der Waals surface area contributed by atoms with Gasteiger partial charge >= 0.3 is 12.2 Å². The SMILES string of the molecule is CN1CC(C(F)(F)F)C(=O)N(C)C1=O. The summed E-state index contributed by atoms with van der Waals surface area (Å²) in [6, 6.07) is -0.712. The average Bonchev–Trinajstić information content (AvgIpc) is 2.06. The molecule has 0 radical (unpaired) electrons. The van der Waals surface area contributed by atoms with Crippen LogP contribution in [0.2, 0.25) is 0 Å². The van der Waals surface area contributed by atoms with Gasteiger partial charge in [0.15, 0.2) is 5.92 Å². The van der Waals surface area contributed by atoms with Crippen molar-refractivity contribution in [1.29, 1.82) is 0 Å². The van der Waals surface area contributed by atoms with Gasteiger partial charge in [0, 0.05) is 20.6 Å². The van der Waals surface area contributed by atoms with Gasteiger partial charge in [0.05, 0.1) is 0 Å². The van der Waals surface area contributed by atoms with Crippen molar-refractivity contribution in [2.24, 2.45) is 5.92 Å². The van der Waals surface area contributed by atoms with Gasteiger partial charge in [-0.2, -0.15) is 13.2 Å². The van der Waals surface area contributed by atoms with Crippen LogP contribution in [0.1, 0.15) is 0 Å². The molecule has 1 heterocycles. The van der Waals surface area contributed by atoms with Crippen LogP contribution < -0.4 is 0 Å². The molecular formula is C7H9F3N2O2. The Kier molecular flexibility index (Phi) is 2.43. The predicted molar refractivity (Wildman–Crippen MR) is 40.3 cm³/mol. The monoisotopic (exact) mass is 210 g/mol. The van der Waals surface area contributed by atoms with Crippen molar-refractivity contribution in [3.8, 4) is 0 Å². The van der Waals surface area contributed by atoms with Gasteiger partial charge in [-0.1, -0.05) is 0 Å². The van der Waals surface area contributed by atoms with Gasteiger partial charge in [-0.3, -0.25) is 9.69 Å². The number of urea groups is 1. The zero-order chi connectivity index (χ0) is 11.1. The van der Waals surface area contributed by atoms with Crippen molar-refractivity contribution in [3.05, 3.63) is 0 Å². The fraction of sp³-hybridized carbons (Fsp3) is 0.714. The summed E-state index contributed by atoms with van der Waals surface area (Å²) >= 11 is 0. The number of imide groups is 1. The molecule has 0 saturated carbocycles. The average molecular weight is 210 g/mol. The largest absolute Gasteiger partial charge is 0.402 e. The first-order valence-corrected chi connectivity index (χ1v) is 3.84. The lowest BCUT2D eigenvalue weighted by molar-refractivity contribution is -0.192. The van der Waals surface area contributed by atoms with E-state index in [4.69, 9.17) is 0 Å². The number of rotatable bonds is 0. The molecule has 0 bridgehead atoms. The van der Waals surface area contributed by atoms with E-state index in [-0.39, 0.29) is 0 Å². The fourth-order valence-corrected chi connectivity index (χ4v) is 1.26. The molecule has 0 N–H and O–H groups in total. The predicted octanol–water partition coefficient (Wildman–Crippen LogP) is 0.689. The Balaban J connectivity index is 2.92. The Labute approximate surface area is 78.3 Å². The molecule has 80 valence electrons. The molecule has 14 heavy (non-hydrogen) atoms. The quantitative estimate of drug-likeness (QED) is 0.590. The molecule has 3 amide bonds. The number of hydrogen-bond acceptors (Lipinski definition) is 2. The molecule has 7 heteroatoms. The van der Waals surface area contributed by atoms with Crippen LogP contribution in [0.25, 0.3) is 0 Å². The van der Waals surface area contributed by atoms with E-state index in [2.05, 4.69) is 0 Å². The molecule has 4 nitrogen and oxygen atoms in total. The second kappa shape index (κ2) is 3.14. The first-order chi connectivity index (χ1) is 6.25. The standard InChI is InChI=1S/C7H9F3N2O2/c1-11-3-4(7(8,9)10)5(13)12(2)6(11)14/h4H,3H2,1-2H3. The van der Waals surface area contributed by atoms with Gasteiger partial charge in [-0.15, -0.1) is 0 Å². The van der Waals surface area contributed by atoms with E-state index >= 15 is 0 Å². The van der Waals surface area contributed by atoms with E-state index in [1.165, 1.54) is 7.05 Å². The zero-order valence-corrected chi connectivity index (χ0v) is 7.63. The number of amides is 3. The molecule has 1 fully saturated rings. The van der Waals surface area contributed by atoms with E-state index in [0.717, 1.165) is 11.9 Å². The van der Waals surface area contributed by atoms with Gasteiger partial charge in [0.1, 0.15) is 0 Å². The summed E-state index contributed by atoms with van der Waals surface area (Å²) in [5.41, 5.74) is 0. The summed E-state index contributed by atoms with van der Waals surface area (Å²) in [5, 5.41) is 0. The Morgan fingerprint density at radius 2 is 1.79 bits per heavy atom. The van der Waals surface area contributed by atoms with E-state index in [1.54, 1.807) is 0 Å². The van der Waals surface area contributed by atoms with Crippen molar-refractivity contribution < 1.29 is 22.8 Å². The molecule has 1 aliphatic heterocycles. The number of carbonyl (C=O) groups excluding carboxylic acids is 2. The summed E-state index contributed by atoms with van der Waals surface area (Å²) in [5.74, 6) is -3.30. The zero-order valence-electron chi connectivity index (χ0n) is 7.63. The highest BCUT2D eigenvalue weighted by molar-refractivity contribution is 5.98. The van der Waals surface area contributed by atoms with Crippen LogP contribution in [0.3, 0.4) is 0 Å². The molecule has 1 saturated heterocycles. The first-order valence-electron chi connectivity index (χ1n) is 3.84. The molecule has 1 atom stereocenters. The lowest BCUT2D eigenvalue weighted by Crippen LogP contribution is -2.57. The molecule has 1 unspecified atom stereocenters. The van der Waals surface area contributed by atoms with Crippen LogP contribution in [0.15, 0.2) is 0 Å². The topological polar surface area (TPSA) is 40.6 Å². The van der Waals surface area contributed by atoms with Crippen LogP contribution in [0, 0.1) is 5.92 Å². The first kappa shape index (κ1) is 10.8. The maximum atomic E-state index is 12.3. The minimum Gasteiger partial charge on any atom is -0.326 e. The molecular weight excluding hydrogens is 201 g/mol. The normalized spacial score (nSPS) is 24.5. The highest BCUT2D eigenvalue weighted by Gasteiger charge is 2.50. The van der Waals surface area contributed by atoms with Crippen molar-refractivity contribution in [2.45, 2.75) is 6.18 Å². The van der Waals surface area contributed by atoms with Gasteiger partial charge in [0.2, 0.25) is 5.91 Å². The van der Waals surface area contributed by atoms with E-state index in [9.17, 15) is 22.8 Å². The van der Waals surface area contributed by atoms with Gasteiger partial charge in [0.25, 0.3) is 0 Å². The summed E-state index contributed by atoms with van der Waals surface area (Å²) < 4.78 is 36.8. The van der Waals surface area contributed by atoms with Crippen molar-refractivity contribution in [3.63, 3.8) is 0 Å². The smallest absolute Gasteiger partial charge is 0.326 e. The van der Waals surface area contributed by atoms with E-state index in [1.807, 2.05) is 0 Å². The van der Waals surface area contributed by atoms with Crippen molar-refractivity contribution in [1.82, 2.24) is 9.80 Å². The fourth-order valence-electron chi connectivity index (χ4n) is 1.26. The third-order valence-corrected chi connectivity index (χ3v) is 2.09. The van der Waals surface area contributed by atoms with Crippen molar-refractivity contribution in [2.75, 3.05) is 20.6 Å². The highest BCUT2D eigenvalue weighted by atomic mass is 19.4. The van der Waals surface area contributed by atoms with Gasteiger partial charge in [-0.25, -0.2) is 4.79 Å². The van der Waals surface area contributed by atoms with Gasteiger partial charge < -0.3 is 4.90 Å².